The molecule has 6 heteroatoms. The summed E-state index contributed by atoms with van der Waals surface area (Å²) < 4.78 is 0. The van der Waals surface area contributed by atoms with Crippen LogP contribution in [0.2, 0.25) is 0 Å². The van der Waals surface area contributed by atoms with Crippen molar-refractivity contribution in [3.05, 3.63) is 0 Å². The van der Waals surface area contributed by atoms with Gasteiger partial charge in [0.05, 0.1) is 6.10 Å². The molecule has 1 rings (SSSR count). The lowest BCUT2D eigenvalue weighted by Gasteiger charge is -2.25. The zero-order valence-electron chi connectivity index (χ0n) is 12.3. The van der Waals surface area contributed by atoms with E-state index in [1.807, 2.05) is 0 Å². The molecule has 3 N–H and O–H groups in total. The van der Waals surface area contributed by atoms with Gasteiger partial charge in [0.15, 0.2) is 0 Å². The Morgan fingerprint density at radius 3 is 2.55 bits per heavy atom. The van der Waals surface area contributed by atoms with Gasteiger partial charge >= 0.3 is 12.0 Å². The minimum Gasteiger partial charge on any atom is -0.480 e. The first-order chi connectivity index (χ1) is 9.49. The number of amides is 2. The standard InChI is InChI=1S/C14H26N2O4/c1-3-5-7-10(6-4-2)15-14(20)16-9-11(17)8-12(16)13(18)19/h10-12,17H,3-9H2,1-2H3,(H,15,20)(H,18,19)/t10?,11-,12-/m0/s1. The molecule has 0 saturated carbocycles. The van der Waals surface area contributed by atoms with Gasteiger partial charge in [-0.15, -0.1) is 0 Å². The Morgan fingerprint density at radius 1 is 1.30 bits per heavy atom. The van der Waals surface area contributed by atoms with Crippen molar-refractivity contribution >= 4 is 12.0 Å². The Balaban J connectivity index is 2.60. The van der Waals surface area contributed by atoms with Crippen LogP contribution in [-0.4, -0.2) is 51.8 Å². The second kappa shape index (κ2) is 8.09. The lowest BCUT2D eigenvalue weighted by molar-refractivity contribution is -0.141. The van der Waals surface area contributed by atoms with Crippen LogP contribution in [-0.2, 0) is 4.79 Å². The van der Waals surface area contributed by atoms with Crippen molar-refractivity contribution in [2.75, 3.05) is 6.54 Å². The van der Waals surface area contributed by atoms with Crippen LogP contribution in [0.1, 0.15) is 52.4 Å². The van der Waals surface area contributed by atoms with Crippen molar-refractivity contribution in [1.82, 2.24) is 10.2 Å². The molecular weight excluding hydrogens is 260 g/mol. The first-order valence-corrected chi connectivity index (χ1v) is 7.47. The van der Waals surface area contributed by atoms with Crippen LogP contribution in [0.25, 0.3) is 0 Å². The number of aliphatic carboxylic acids is 1. The Hall–Kier alpha value is -1.30. The van der Waals surface area contributed by atoms with E-state index in [1.54, 1.807) is 0 Å². The Labute approximate surface area is 120 Å². The quantitative estimate of drug-likeness (QED) is 0.662. The molecule has 0 spiro atoms. The molecule has 2 amide bonds. The number of urea groups is 1. The number of nitrogens with one attached hydrogen (secondary N) is 1. The SMILES string of the molecule is CCCCC(CCC)NC(=O)N1C[C@@H](O)C[C@H]1C(=O)O. The van der Waals surface area contributed by atoms with E-state index in [0.717, 1.165) is 32.1 Å². The Bertz CT molecular complexity index is 335. The molecule has 0 aromatic rings. The van der Waals surface area contributed by atoms with E-state index in [9.17, 15) is 14.7 Å². The lowest BCUT2D eigenvalue weighted by atomic mass is 10.1. The van der Waals surface area contributed by atoms with Crippen LogP contribution in [0.5, 0.6) is 0 Å². The number of carboxylic acids is 1. The molecule has 1 saturated heterocycles. The summed E-state index contributed by atoms with van der Waals surface area (Å²) in [6.45, 7) is 4.25. The summed E-state index contributed by atoms with van der Waals surface area (Å²) >= 11 is 0. The van der Waals surface area contributed by atoms with Gasteiger partial charge < -0.3 is 20.4 Å². The predicted octanol–water partition coefficient (Wildman–Crippen LogP) is 1.57. The van der Waals surface area contributed by atoms with E-state index < -0.39 is 18.1 Å². The van der Waals surface area contributed by atoms with Gasteiger partial charge in [0.25, 0.3) is 0 Å². The number of carboxylic acid groups (broad SMARTS) is 1. The van der Waals surface area contributed by atoms with Gasteiger partial charge in [-0.1, -0.05) is 33.1 Å². The number of β-amino-alcohol motifs (C(OH)–C–C–N with tert-alkyl or cyclic N) is 1. The lowest BCUT2D eigenvalue weighted by Crippen LogP contribution is -2.49. The zero-order chi connectivity index (χ0) is 15.1. The second-order valence-corrected chi connectivity index (χ2v) is 5.47. The highest BCUT2D eigenvalue weighted by atomic mass is 16.4. The van der Waals surface area contributed by atoms with Crippen LogP contribution >= 0.6 is 0 Å². The third-order valence-electron chi connectivity index (χ3n) is 3.70. The molecule has 0 radical (unpaired) electrons. The van der Waals surface area contributed by atoms with Gasteiger partial charge in [-0.2, -0.15) is 0 Å². The highest BCUT2D eigenvalue weighted by Crippen LogP contribution is 2.19. The van der Waals surface area contributed by atoms with Crippen molar-refractivity contribution in [3.63, 3.8) is 0 Å². The van der Waals surface area contributed by atoms with Crippen LogP contribution in [0, 0.1) is 0 Å². The van der Waals surface area contributed by atoms with Gasteiger partial charge in [0.1, 0.15) is 6.04 Å². The first kappa shape index (κ1) is 16.8. The zero-order valence-corrected chi connectivity index (χ0v) is 12.3. The van der Waals surface area contributed by atoms with Gasteiger partial charge in [0.2, 0.25) is 0 Å². The fraction of sp³-hybridized carbons (Fsp3) is 0.857. The highest BCUT2D eigenvalue weighted by Gasteiger charge is 2.39. The van der Waals surface area contributed by atoms with Crippen LogP contribution in [0.3, 0.4) is 0 Å². The highest BCUT2D eigenvalue weighted by molar-refractivity contribution is 5.83. The number of nitrogens with zero attached hydrogens (tertiary/aromatic N) is 1. The summed E-state index contributed by atoms with van der Waals surface area (Å²) in [7, 11) is 0. The van der Waals surface area contributed by atoms with E-state index >= 15 is 0 Å². The molecule has 1 aliphatic rings. The largest absolute Gasteiger partial charge is 0.480 e. The number of carbonyl (C=O) groups excluding carboxylic acids is 1. The Morgan fingerprint density at radius 2 is 2.00 bits per heavy atom. The fourth-order valence-corrected chi connectivity index (χ4v) is 2.62. The summed E-state index contributed by atoms with van der Waals surface area (Å²) in [6.07, 6.45) is 4.23. The topological polar surface area (TPSA) is 89.9 Å². The second-order valence-electron chi connectivity index (χ2n) is 5.47. The molecule has 1 fully saturated rings. The van der Waals surface area contributed by atoms with E-state index in [-0.39, 0.29) is 25.0 Å². The predicted molar refractivity (Wildman–Crippen MR) is 75.5 cm³/mol. The van der Waals surface area contributed by atoms with Crippen molar-refractivity contribution in [2.24, 2.45) is 0 Å². The number of aliphatic hydroxyl groups is 1. The van der Waals surface area contributed by atoms with Crippen molar-refractivity contribution in [3.8, 4) is 0 Å². The molecule has 0 aliphatic carbocycles. The molecule has 6 nitrogen and oxygen atoms in total. The molecule has 116 valence electrons. The number of rotatable bonds is 7. The van der Waals surface area contributed by atoms with Gasteiger partial charge in [-0.3, -0.25) is 0 Å². The maximum Gasteiger partial charge on any atom is 0.326 e. The van der Waals surface area contributed by atoms with Crippen molar-refractivity contribution in [2.45, 2.75) is 70.6 Å². The van der Waals surface area contributed by atoms with Crippen molar-refractivity contribution < 1.29 is 19.8 Å². The van der Waals surface area contributed by atoms with E-state index in [4.69, 9.17) is 5.11 Å². The molecule has 3 atom stereocenters. The number of hydrogen-bond donors (Lipinski definition) is 3. The maximum absolute atomic E-state index is 12.2. The third kappa shape index (κ3) is 4.67. The van der Waals surface area contributed by atoms with Gasteiger partial charge in [-0.05, 0) is 12.8 Å². The third-order valence-corrected chi connectivity index (χ3v) is 3.70. The van der Waals surface area contributed by atoms with E-state index in [0.29, 0.717) is 0 Å². The van der Waals surface area contributed by atoms with E-state index in [2.05, 4.69) is 19.2 Å². The summed E-state index contributed by atoms with van der Waals surface area (Å²) in [5, 5.41) is 21.6. The number of hydrogen-bond acceptors (Lipinski definition) is 3. The molecule has 0 aromatic heterocycles. The molecule has 1 heterocycles. The molecular formula is C14H26N2O4. The van der Waals surface area contributed by atoms with Gasteiger partial charge in [0, 0.05) is 19.0 Å². The summed E-state index contributed by atoms with van der Waals surface area (Å²) in [5.41, 5.74) is 0. The van der Waals surface area contributed by atoms with Crippen LogP contribution < -0.4 is 5.32 Å². The number of likely N-dealkylation sites (tertiary alicyclic amines) is 1. The summed E-state index contributed by atoms with van der Waals surface area (Å²) in [4.78, 5) is 24.5. The molecule has 20 heavy (non-hydrogen) atoms. The van der Waals surface area contributed by atoms with Crippen molar-refractivity contribution in [1.29, 1.82) is 0 Å². The molecule has 1 aliphatic heterocycles. The number of aliphatic hydroxyl groups excluding tert-OH is 1. The molecule has 1 unspecified atom stereocenters. The number of unbranched alkanes of at least 4 members (excludes halogenated alkanes) is 1. The monoisotopic (exact) mass is 286 g/mol. The summed E-state index contributed by atoms with van der Waals surface area (Å²) in [6, 6.07) is -1.21. The minimum absolute atomic E-state index is 0.0830. The van der Waals surface area contributed by atoms with E-state index in [1.165, 1.54) is 4.90 Å². The summed E-state index contributed by atoms with van der Waals surface area (Å²) in [5.74, 6) is -1.06. The molecule has 0 bridgehead atoms. The van der Waals surface area contributed by atoms with Crippen LogP contribution in [0.4, 0.5) is 4.79 Å². The minimum atomic E-state index is -1.06. The van der Waals surface area contributed by atoms with Crippen LogP contribution in [0.15, 0.2) is 0 Å². The number of carbonyl (C=O) groups is 2. The maximum atomic E-state index is 12.2. The smallest absolute Gasteiger partial charge is 0.326 e. The average Bonchev–Trinajstić information content (AvgIpc) is 2.78. The Kier molecular flexibility index (Phi) is 6.78. The molecule has 0 aromatic carbocycles. The first-order valence-electron chi connectivity index (χ1n) is 7.47. The average molecular weight is 286 g/mol. The normalized spacial score (nSPS) is 23.6. The fourth-order valence-electron chi connectivity index (χ4n) is 2.62. The van der Waals surface area contributed by atoms with Gasteiger partial charge in [-0.25, -0.2) is 9.59 Å².